The molecule has 0 aliphatic rings. The van der Waals surface area contributed by atoms with Crippen molar-refractivity contribution in [2.24, 2.45) is 0 Å². The van der Waals surface area contributed by atoms with Gasteiger partial charge in [0.1, 0.15) is 0 Å². The lowest BCUT2D eigenvalue weighted by atomic mass is 10.0. The van der Waals surface area contributed by atoms with Crippen LogP contribution in [-0.4, -0.2) is 53.2 Å². The molecule has 0 radical (unpaired) electrons. The van der Waals surface area contributed by atoms with Gasteiger partial charge in [-0.1, -0.05) is 24.3 Å². The minimum absolute atomic E-state index is 0.282. The fraction of sp³-hybridized carbons (Fsp3) is 0.263. The van der Waals surface area contributed by atoms with Gasteiger partial charge in [0.25, 0.3) is 11.8 Å². The van der Waals surface area contributed by atoms with Gasteiger partial charge in [-0.05, 0) is 35.4 Å². The van der Waals surface area contributed by atoms with E-state index in [-0.39, 0.29) is 5.69 Å². The highest BCUT2D eigenvalue weighted by Gasteiger charge is 2.31. The van der Waals surface area contributed by atoms with Crippen LogP contribution in [0.25, 0.3) is 11.1 Å². The monoisotopic (exact) mass is 396 g/mol. The zero-order valence-corrected chi connectivity index (χ0v) is 15.1. The molecule has 0 aliphatic carbocycles. The van der Waals surface area contributed by atoms with Crippen molar-refractivity contribution in [1.82, 2.24) is 4.90 Å². The molecule has 2 aromatic rings. The number of benzene rings is 2. The van der Waals surface area contributed by atoms with Crippen LogP contribution in [0.3, 0.4) is 0 Å². The van der Waals surface area contributed by atoms with Crippen molar-refractivity contribution >= 4 is 17.5 Å². The number of alkyl halides is 3. The molecule has 9 heteroatoms. The third-order valence-corrected chi connectivity index (χ3v) is 3.96. The number of anilines is 1. The highest BCUT2D eigenvalue weighted by Crippen LogP contribution is 2.31. The molecule has 0 aromatic heterocycles. The first-order valence-electron chi connectivity index (χ1n) is 8.16. The first-order valence-corrected chi connectivity index (χ1v) is 8.16. The van der Waals surface area contributed by atoms with Crippen LogP contribution in [0.4, 0.5) is 18.9 Å². The number of halogens is 3. The number of carbonyl (C=O) groups excluding carboxylic acids is 2. The molecule has 2 rings (SSSR count). The molecular formula is C19H19F3N2O4. The Balaban J connectivity index is 2.06. The van der Waals surface area contributed by atoms with E-state index >= 15 is 0 Å². The number of aliphatic hydroxyl groups is 2. The molecule has 0 fully saturated rings. The van der Waals surface area contributed by atoms with Crippen LogP contribution in [-0.2, 0) is 15.8 Å². The summed E-state index contributed by atoms with van der Waals surface area (Å²) in [7, 11) is 2.74. The van der Waals surface area contributed by atoms with Crippen LogP contribution < -0.4 is 5.32 Å². The van der Waals surface area contributed by atoms with Gasteiger partial charge >= 0.3 is 6.18 Å². The van der Waals surface area contributed by atoms with Gasteiger partial charge in [-0.3, -0.25) is 9.59 Å². The number of likely N-dealkylation sites (N-methyl/N-ethyl adjacent to an activating group) is 1. The molecule has 0 spiro atoms. The molecule has 6 nitrogen and oxygen atoms in total. The van der Waals surface area contributed by atoms with Crippen molar-refractivity contribution in [2.75, 3.05) is 19.4 Å². The molecule has 2 atom stereocenters. The van der Waals surface area contributed by atoms with Gasteiger partial charge in [0.05, 0.1) is 5.56 Å². The third kappa shape index (κ3) is 5.08. The number of rotatable bonds is 5. The van der Waals surface area contributed by atoms with E-state index in [2.05, 4.69) is 5.32 Å². The van der Waals surface area contributed by atoms with Crippen LogP contribution in [0, 0.1) is 0 Å². The Morgan fingerprint density at radius 1 is 0.893 bits per heavy atom. The van der Waals surface area contributed by atoms with Crippen LogP contribution in [0.15, 0.2) is 48.5 Å². The van der Waals surface area contributed by atoms with E-state index in [1.54, 1.807) is 12.1 Å². The van der Waals surface area contributed by atoms with Crippen LogP contribution in [0.1, 0.15) is 5.56 Å². The van der Waals surface area contributed by atoms with E-state index < -0.39 is 35.8 Å². The average Bonchev–Trinajstić information content (AvgIpc) is 2.66. The number of hydrogen-bond acceptors (Lipinski definition) is 4. The second-order valence-electron chi connectivity index (χ2n) is 6.26. The standard InChI is InChI=1S/C19H19F3N2O4/c1-24(2)18(28)16(26)15(25)17(27)23-14-9-5-12(6-10-14)11-3-7-13(8-4-11)19(20,21)22/h3-10,15-16,25-26H,1-2H3,(H,23,27)/t15-,16-/m1/s1. The van der Waals surface area contributed by atoms with Crippen molar-refractivity contribution in [1.29, 1.82) is 0 Å². The molecule has 2 amide bonds. The minimum Gasteiger partial charge on any atom is -0.380 e. The number of aliphatic hydroxyl groups excluding tert-OH is 2. The summed E-state index contributed by atoms with van der Waals surface area (Å²) in [5, 5.41) is 21.8. The summed E-state index contributed by atoms with van der Waals surface area (Å²) in [6.07, 6.45) is -8.27. The Morgan fingerprint density at radius 3 is 1.79 bits per heavy atom. The average molecular weight is 396 g/mol. The maximum absolute atomic E-state index is 12.6. The normalized spacial score (nSPS) is 13.5. The summed E-state index contributed by atoms with van der Waals surface area (Å²) < 4.78 is 37.8. The Kier molecular flexibility index (Phi) is 6.42. The van der Waals surface area contributed by atoms with E-state index in [9.17, 15) is 33.0 Å². The maximum Gasteiger partial charge on any atom is 0.416 e. The lowest BCUT2D eigenvalue weighted by Crippen LogP contribution is -2.47. The van der Waals surface area contributed by atoms with Crippen molar-refractivity contribution in [2.45, 2.75) is 18.4 Å². The number of nitrogens with zero attached hydrogens (tertiary/aromatic N) is 1. The van der Waals surface area contributed by atoms with Crippen LogP contribution >= 0.6 is 0 Å². The first kappa shape index (κ1) is 21.4. The number of carbonyl (C=O) groups is 2. The molecule has 0 saturated carbocycles. The Morgan fingerprint density at radius 2 is 1.36 bits per heavy atom. The third-order valence-electron chi connectivity index (χ3n) is 3.96. The van der Waals surface area contributed by atoms with Gasteiger partial charge in [-0.15, -0.1) is 0 Å². The molecule has 0 heterocycles. The van der Waals surface area contributed by atoms with Crippen molar-refractivity contribution in [3.8, 4) is 11.1 Å². The second kappa shape index (κ2) is 8.41. The summed E-state index contributed by atoms with van der Waals surface area (Å²) >= 11 is 0. The molecule has 2 aromatic carbocycles. The van der Waals surface area contributed by atoms with E-state index in [0.717, 1.165) is 17.0 Å². The predicted octanol–water partition coefficient (Wildman–Crippen LogP) is 2.12. The van der Waals surface area contributed by atoms with Gasteiger partial charge in [-0.25, -0.2) is 0 Å². The SMILES string of the molecule is CN(C)C(=O)[C@H](O)[C@@H](O)C(=O)Nc1ccc(-c2ccc(C(F)(F)F)cc2)cc1. The molecule has 3 N–H and O–H groups in total. The smallest absolute Gasteiger partial charge is 0.380 e. The fourth-order valence-corrected chi connectivity index (χ4v) is 2.36. The van der Waals surface area contributed by atoms with Crippen molar-refractivity contribution in [3.05, 3.63) is 54.1 Å². The predicted molar refractivity (Wildman–Crippen MR) is 96.2 cm³/mol. The minimum atomic E-state index is -4.41. The molecule has 0 unspecified atom stereocenters. The topological polar surface area (TPSA) is 89.9 Å². The van der Waals surface area contributed by atoms with Gasteiger partial charge in [0, 0.05) is 19.8 Å². The summed E-state index contributed by atoms with van der Waals surface area (Å²) in [6, 6.07) is 10.7. The highest BCUT2D eigenvalue weighted by molar-refractivity contribution is 5.98. The quantitative estimate of drug-likeness (QED) is 0.722. The van der Waals surface area contributed by atoms with E-state index in [1.165, 1.54) is 38.4 Å². The lowest BCUT2D eigenvalue weighted by Gasteiger charge is -2.20. The summed E-state index contributed by atoms with van der Waals surface area (Å²) in [5.41, 5.74) is 0.706. The summed E-state index contributed by atoms with van der Waals surface area (Å²) in [4.78, 5) is 24.6. The van der Waals surface area contributed by atoms with E-state index in [0.29, 0.717) is 11.1 Å². The number of amides is 2. The van der Waals surface area contributed by atoms with Gasteiger partial charge in [-0.2, -0.15) is 13.2 Å². The van der Waals surface area contributed by atoms with Gasteiger partial charge in [0.15, 0.2) is 12.2 Å². The van der Waals surface area contributed by atoms with Crippen LogP contribution in [0.2, 0.25) is 0 Å². The van der Waals surface area contributed by atoms with Gasteiger partial charge < -0.3 is 20.4 Å². The number of hydrogen-bond donors (Lipinski definition) is 3. The van der Waals surface area contributed by atoms with E-state index in [1.807, 2.05) is 0 Å². The first-order chi connectivity index (χ1) is 13.0. The summed E-state index contributed by atoms with van der Waals surface area (Å²) in [5.74, 6) is -1.79. The Labute approximate surface area is 159 Å². The lowest BCUT2D eigenvalue weighted by molar-refractivity contribution is -0.149. The molecule has 0 saturated heterocycles. The zero-order valence-electron chi connectivity index (χ0n) is 15.1. The Bertz CT molecular complexity index is 834. The fourth-order valence-electron chi connectivity index (χ4n) is 2.36. The van der Waals surface area contributed by atoms with Gasteiger partial charge in [0.2, 0.25) is 0 Å². The second-order valence-corrected chi connectivity index (χ2v) is 6.26. The van der Waals surface area contributed by atoms with Crippen molar-refractivity contribution in [3.63, 3.8) is 0 Å². The highest BCUT2D eigenvalue weighted by atomic mass is 19.4. The maximum atomic E-state index is 12.6. The molecule has 28 heavy (non-hydrogen) atoms. The Hall–Kier alpha value is -2.91. The van der Waals surface area contributed by atoms with Crippen molar-refractivity contribution < 1.29 is 33.0 Å². The zero-order chi connectivity index (χ0) is 21.1. The molecule has 0 aliphatic heterocycles. The largest absolute Gasteiger partial charge is 0.416 e. The summed E-state index contributed by atoms with van der Waals surface area (Å²) in [6.45, 7) is 0. The number of nitrogens with one attached hydrogen (secondary N) is 1. The van der Waals surface area contributed by atoms with E-state index in [4.69, 9.17) is 0 Å². The molecule has 150 valence electrons. The molecular weight excluding hydrogens is 377 g/mol. The van der Waals surface area contributed by atoms with Crippen LogP contribution in [0.5, 0.6) is 0 Å². The molecule has 0 bridgehead atoms.